The van der Waals surface area contributed by atoms with E-state index in [1.54, 1.807) is 0 Å². The van der Waals surface area contributed by atoms with Gasteiger partial charge in [-0.25, -0.2) is 4.98 Å². The van der Waals surface area contributed by atoms with Crippen molar-refractivity contribution in [3.63, 3.8) is 0 Å². The smallest absolute Gasteiger partial charge is 0.383 e. The molecule has 0 aromatic carbocycles. The number of nitrogens with zero attached hydrogens (tertiary/aromatic N) is 4. The molecule has 168 valence electrons. The molecule has 3 atom stereocenters. The Kier molecular flexibility index (Phi) is 4.53. The number of nitrogens with two attached hydrogens (primary N) is 1. The summed E-state index contributed by atoms with van der Waals surface area (Å²) in [5.41, 5.74) is 4.58. The van der Waals surface area contributed by atoms with Crippen molar-refractivity contribution in [3.8, 4) is 11.3 Å². The molecule has 2 aromatic heterocycles. The number of ether oxygens (including phenoxy) is 1. The van der Waals surface area contributed by atoms with E-state index in [0.717, 1.165) is 30.0 Å². The lowest BCUT2D eigenvalue weighted by molar-refractivity contribution is -0.143. The van der Waals surface area contributed by atoms with Gasteiger partial charge in [-0.05, 0) is 24.0 Å². The second-order valence-corrected chi connectivity index (χ2v) is 8.38. The molecule has 5 rings (SSSR count). The minimum Gasteiger partial charge on any atom is -0.383 e. The van der Waals surface area contributed by atoms with Crippen molar-refractivity contribution >= 4 is 5.82 Å². The van der Waals surface area contributed by atoms with Gasteiger partial charge in [0.15, 0.2) is 0 Å². The standard InChI is InChI=1S/C19H19F6N5O/c20-18(21,22)8-30-15(16-11-4-29(5-12(11)16)10-6-31-7-10)2-14(28-30)9-1-13(19(23,24)25)17(26)27-3-9/h1-3,10-12,16H,4-8H2,(H2,26,27)/t11-,12+,16-. The van der Waals surface area contributed by atoms with Crippen LogP contribution in [-0.2, 0) is 17.5 Å². The molecule has 1 aliphatic carbocycles. The summed E-state index contributed by atoms with van der Waals surface area (Å²) in [4.78, 5) is 5.86. The quantitative estimate of drug-likeness (QED) is 0.730. The Hall–Kier alpha value is -2.34. The molecule has 2 aliphatic heterocycles. The average Bonchev–Trinajstić information content (AvgIpc) is 2.94. The molecule has 3 aliphatic rings. The van der Waals surface area contributed by atoms with E-state index in [-0.39, 0.29) is 29.0 Å². The number of pyridine rings is 1. The number of hydrogen-bond donors (Lipinski definition) is 1. The monoisotopic (exact) mass is 447 g/mol. The Balaban J connectivity index is 1.45. The largest absolute Gasteiger partial charge is 0.419 e. The van der Waals surface area contributed by atoms with Crippen LogP contribution in [0.15, 0.2) is 18.3 Å². The SMILES string of the molecule is Nc1ncc(-c2cc([C@@H]3[C@@H]4CN(C5COC5)C[C@@H]43)n(CC(F)(F)F)n2)cc1C(F)(F)F. The van der Waals surface area contributed by atoms with Gasteiger partial charge in [-0.1, -0.05) is 0 Å². The summed E-state index contributed by atoms with van der Waals surface area (Å²) in [5, 5.41) is 4.00. The van der Waals surface area contributed by atoms with Gasteiger partial charge in [-0.3, -0.25) is 9.58 Å². The number of aromatic nitrogens is 3. The van der Waals surface area contributed by atoms with Crippen molar-refractivity contribution in [2.45, 2.75) is 30.9 Å². The van der Waals surface area contributed by atoms with E-state index in [0.29, 0.717) is 24.9 Å². The van der Waals surface area contributed by atoms with E-state index < -0.39 is 30.3 Å². The Morgan fingerprint density at radius 1 is 1.06 bits per heavy atom. The van der Waals surface area contributed by atoms with Crippen LogP contribution in [0.1, 0.15) is 17.2 Å². The number of hydrogen-bond acceptors (Lipinski definition) is 5. The molecule has 2 aromatic rings. The maximum Gasteiger partial charge on any atom is 0.419 e. The summed E-state index contributed by atoms with van der Waals surface area (Å²) in [7, 11) is 0. The molecule has 12 heteroatoms. The number of likely N-dealkylation sites (tertiary alicyclic amines) is 1. The summed E-state index contributed by atoms with van der Waals surface area (Å²) in [6.45, 7) is 1.60. The zero-order valence-electron chi connectivity index (χ0n) is 16.1. The van der Waals surface area contributed by atoms with Crippen molar-refractivity contribution in [1.82, 2.24) is 19.7 Å². The van der Waals surface area contributed by atoms with Gasteiger partial charge < -0.3 is 10.5 Å². The lowest BCUT2D eigenvalue weighted by Gasteiger charge is -2.35. The summed E-state index contributed by atoms with van der Waals surface area (Å²) in [6.07, 6.45) is -8.14. The van der Waals surface area contributed by atoms with Gasteiger partial charge in [-0.15, -0.1) is 0 Å². The predicted octanol–water partition coefficient (Wildman–Crippen LogP) is 3.15. The lowest BCUT2D eigenvalue weighted by atomic mass is 10.1. The van der Waals surface area contributed by atoms with Crippen LogP contribution in [0.3, 0.4) is 0 Å². The Morgan fingerprint density at radius 3 is 2.29 bits per heavy atom. The summed E-state index contributed by atoms with van der Waals surface area (Å²) < 4.78 is 85.0. The van der Waals surface area contributed by atoms with Crippen LogP contribution in [-0.4, -0.2) is 58.2 Å². The van der Waals surface area contributed by atoms with Crippen LogP contribution >= 0.6 is 0 Å². The third kappa shape index (κ3) is 3.75. The molecule has 0 spiro atoms. The molecule has 2 N–H and O–H groups in total. The fraction of sp³-hybridized carbons (Fsp3) is 0.579. The first-order valence-corrected chi connectivity index (χ1v) is 9.80. The van der Waals surface area contributed by atoms with Gasteiger partial charge >= 0.3 is 12.4 Å². The molecule has 1 saturated carbocycles. The highest BCUT2D eigenvalue weighted by Crippen LogP contribution is 2.59. The molecule has 0 amide bonds. The number of rotatable bonds is 4. The number of piperidine rings is 1. The fourth-order valence-electron chi connectivity index (χ4n) is 4.71. The normalized spacial score (nSPS) is 26.7. The summed E-state index contributed by atoms with van der Waals surface area (Å²) in [6, 6.07) is 2.60. The molecule has 2 saturated heterocycles. The fourth-order valence-corrected chi connectivity index (χ4v) is 4.71. The third-order valence-electron chi connectivity index (χ3n) is 6.36. The maximum absolute atomic E-state index is 13.2. The Morgan fingerprint density at radius 2 is 1.74 bits per heavy atom. The van der Waals surface area contributed by atoms with E-state index in [1.807, 2.05) is 0 Å². The molecular weight excluding hydrogens is 428 g/mol. The Bertz CT molecular complexity index is 987. The highest BCUT2D eigenvalue weighted by atomic mass is 19.4. The topological polar surface area (TPSA) is 69.2 Å². The van der Waals surface area contributed by atoms with E-state index >= 15 is 0 Å². The zero-order valence-corrected chi connectivity index (χ0v) is 16.1. The minimum atomic E-state index is -4.73. The highest BCUT2D eigenvalue weighted by molar-refractivity contribution is 5.63. The molecule has 31 heavy (non-hydrogen) atoms. The maximum atomic E-state index is 13.2. The van der Waals surface area contributed by atoms with Crippen molar-refractivity contribution in [2.24, 2.45) is 11.8 Å². The predicted molar refractivity (Wildman–Crippen MR) is 96.8 cm³/mol. The van der Waals surface area contributed by atoms with Gasteiger partial charge in [-0.2, -0.15) is 31.4 Å². The molecule has 0 bridgehead atoms. The molecule has 0 unspecified atom stereocenters. The van der Waals surface area contributed by atoms with E-state index in [4.69, 9.17) is 10.5 Å². The second kappa shape index (κ2) is 6.83. The summed E-state index contributed by atoms with van der Waals surface area (Å²) >= 11 is 0. The van der Waals surface area contributed by atoms with Gasteiger partial charge in [0.25, 0.3) is 0 Å². The number of fused-ring (bicyclic) bond motifs is 1. The molecule has 3 fully saturated rings. The van der Waals surface area contributed by atoms with E-state index in [9.17, 15) is 26.3 Å². The van der Waals surface area contributed by atoms with Crippen molar-refractivity contribution in [3.05, 3.63) is 29.6 Å². The van der Waals surface area contributed by atoms with Gasteiger partial charge in [0.05, 0.1) is 30.5 Å². The van der Waals surface area contributed by atoms with Crippen LogP contribution < -0.4 is 5.73 Å². The lowest BCUT2D eigenvalue weighted by Crippen LogP contribution is -2.48. The van der Waals surface area contributed by atoms with Crippen LogP contribution in [0.4, 0.5) is 32.2 Å². The van der Waals surface area contributed by atoms with Gasteiger partial charge in [0, 0.05) is 36.5 Å². The molecule has 4 heterocycles. The van der Waals surface area contributed by atoms with Crippen LogP contribution in [0.2, 0.25) is 0 Å². The average molecular weight is 447 g/mol. The zero-order chi connectivity index (χ0) is 22.1. The van der Waals surface area contributed by atoms with E-state index in [1.165, 1.54) is 6.07 Å². The molecule has 6 nitrogen and oxygen atoms in total. The van der Waals surface area contributed by atoms with Crippen LogP contribution in [0.5, 0.6) is 0 Å². The van der Waals surface area contributed by atoms with Crippen LogP contribution in [0, 0.1) is 11.8 Å². The van der Waals surface area contributed by atoms with Gasteiger partial charge in [0.1, 0.15) is 12.4 Å². The third-order valence-corrected chi connectivity index (χ3v) is 6.36. The first-order chi connectivity index (χ1) is 14.5. The van der Waals surface area contributed by atoms with Gasteiger partial charge in [0.2, 0.25) is 0 Å². The molecule has 0 radical (unpaired) electrons. The van der Waals surface area contributed by atoms with Crippen molar-refractivity contribution in [1.29, 1.82) is 0 Å². The van der Waals surface area contributed by atoms with Crippen molar-refractivity contribution < 1.29 is 31.1 Å². The van der Waals surface area contributed by atoms with Crippen molar-refractivity contribution in [2.75, 3.05) is 32.0 Å². The number of nitrogen functional groups attached to an aromatic ring is 1. The second-order valence-electron chi connectivity index (χ2n) is 8.38. The van der Waals surface area contributed by atoms with Crippen LogP contribution in [0.25, 0.3) is 11.3 Å². The Labute approximate surface area is 173 Å². The summed E-state index contributed by atoms with van der Waals surface area (Å²) in [5.74, 6) is -0.354. The first kappa shape index (κ1) is 20.6. The minimum absolute atomic E-state index is 0.0199. The van der Waals surface area contributed by atoms with E-state index in [2.05, 4.69) is 15.0 Å². The number of alkyl halides is 6. The number of halogens is 6. The highest BCUT2D eigenvalue weighted by Gasteiger charge is 2.59. The first-order valence-electron chi connectivity index (χ1n) is 9.80. The number of anilines is 1. The molecular formula is C19H19F6N5O.